The van der Waals surface area contributed by atoms with Gasteiger partial charge in [0.05, 0.1) is 6.61 Å². The number of unbranched alkanes of at least 4 members (excludes halogenated alkanes) is 9. The monoisotopic (exact) mass is 412 g/mol. The van der Waals surface area contributed by atoms with Gasteiger partial charge in [0.1, 0.15) is 0 Å². The van der Waals surface area contributed by atoms with Crippen molar-refractivity contribution in [3.63, 3.8) is 0 Å². The van der Waals surface area contributed by atoms with Crippen molar-refractivity contribution >= 4 is 77.3 Å². The SMILES string of the molecule is CCCCCCCCCCCCOS(=O)(=O)O.O=P(O)(O)O.[NaH].[NaH]. The van der Waals surface area contributed by atoms with Gasteiger partial charge in [0.15, 0.2) is 0 Å². The van der Waals surface area contributed by atoms with E-state index < -0.39 is 18.2 Å². The van der Waals surface area contributed by atoms with Gasteiger partial charge in [0.25, 0.3) is 0 Å². The maximum absolute atomic E-state index is 10.2. The van der Waals surface area contributed by atoms with Crippen LogP contribution in [0.25, 0.3) is 0 Å². The molecule has 0 saturated heterocycles. The van der Waals surface area contributed by atoms with Crippen LogP contribution in [0.3, 0.4) is 0 Å². The molecule has 0 aliphatic heterocycles. The zero-order valence-electron chi connectivity index (χ0n) is 13.1. The van der Waals surface area contributed by atoms with E-state index in [1.165, 1.54) is 44.9 Å². The van der Waals surface area contributed by atoms with E-state index >= 15 is 0 Å². The van der Waals surface area contributed by atoms with E-state index in [1.807, 2.05) is 0 Å². The van der Waals surface area contributed by atoms with Crippen LogP contribution in [0.15, 0.2) is 0 Å². The average molecular weight is 412 g/mol. The zero-order valence-corrected chi connectivity index (χ0v) is 14.8. The Balaban J connectivity index is -0.000000250. The quantitative estimate of drug-likeness (QED) is 0.164. The van der Waals surface area contributed by atoms with Crippen LogP contribution in [0, 0.1) is 0 Å². The summed E-state index contributed by atoms with van der Waals surface area (Å²) < 4.78 is 41.9. The Bertz CT molecular complexity index is 380. The Kier molecular flexibility index (Phi) is 29.8. The second kappa shape index (κ2) is 21.3. The first-order chi connectivity index (χ1) is 10.1. The third kappa shape index (κ3) is 49.6. The minimum absolute atomic E-state index is 0. The van der Waals surface area contributed by atoms with Crippen LogP contribution in [-0.4, -0.2) is 93.4 Å². The second-order valence-corrected chi connectivity index (χ2v) is 7.06. The van der Waals surface area contributed by atoms with Gasteiger partial charge in [0, 0.05) is 0 Å². The zero-order chi connectivity index (χ0) is 17.5. The molecule has 0 aromatic rings. The van der Waals surface area contributed by atoms with E-state index in [-0.39, 0.29) is 65.7 Å². The van der Waals surface area contributed by atoms with Crippen molar-refractivity contribution in [1.29, 1.82) is 0 Å². The molecule has 0 spiro atoms. The molecule has 4 N–H and O–H groups in total. The first-order valence-corrected chi connectivity index (χ1v) is 10.4. The Morgan fingerprint density at radius 2 is 1.08 bits per heavy atom. The minimum atomic E-state index is -4.64. The van der Waals surface area contributed by atoms with Gasteiger partial charge in [-0.1, -0.05) is 64.7 Å². The molecule has 24 heavy (non-hydrogen) atoms. The first kappa shape index (κ1) is 33.6. The van der Waals surface area contributed by atoms with E-state index in [4.69, 9.17) is 23.8 Å². The Labute approximate surface area is 189 Å². The van der Waals surface area contributed by atoms with Crippen LogP contribution in [-0.2, 0) is 19.1 Å². The van der Waals surface area contributed by atoms with Crippen molar-refractivity contribution in [3.05, 3.63) is 0 Å². The van der Waals surface area contributed by atoms with Gasteiger partial charge in [0.2, 0.25) is 0 Å². The predicted octanol–water partition coefficient (Wildman–Crippen LogP) is 1.50. The average Bonchev–Trinajstić information content (AvgIpc) is 2.32. The summed E-state index contributed by atoms with van der Waals surface area (Å²) in [4.78, 5) is 21.6. The third-order valence-corrected chi connectivity index (χ3v) is 3.19. The Morgan fingerprint density at radius 3 is 1.38 bits per heavy atom. The molecular formula is C12H31Na2O8PS. The number of hydrogen-bond acceptors (Lipinski definition) is 4. The van der Waals surface area contributed by atoms with Gasteiger partial charge in [-0.25, -0.2) is 8.75 Å². The molecule has 0 aromatic heterocycles. The topological polar surface area (TPSA) is 141 Å². The van der Waals surface area contributed by atoms with Gasteiger partial charge in [-0.3, -0.25) is 4.55 Å². The first-order valence-electron chi connectivity index (χ1n) is 7.46. The van der Waals surface area contributed by atoms with Crippen molar-refractivity contribution in [2.75, 3.05) is 6.61 Å². The van der Waals surface area contributed by atoms with Crippen LogP contribution in [0.2, 0.25) is 0 Å². The molecule has 12 heteroatoms. The number of rotatable bonds is 12. The number of phosphoric acid groups is 1. The third-order valence-electron chi connectivity index (χ3n) is 2.73. The molecule has 0 aromatic carbocycles. The molecule has 140 valence electrons. The molecule has 0 aliphatic rings. The fourth-order valence-corrected chi connectivity index (χ4v) is 2.08. The van der Waals surface area contributed by atoms with Crippen molar-refractivity contribution in [1.82, 2.24) is 0 Å². The van der Waals surface area contributed by atoms with Crippen molar-refractivity contribution in [2.24, 2.45) is 0 Å². The normalized spacial score (nSPS) is 10.9. The summed E-state index contributed by atoms with van der Waals surface area (Å²) >= 11 is 0. The van der Waals surface area contributed by atoms with Gasteiger partial charge in [-0.05, 0) is 6.42 Å². The number of hydrogen-bond donors (Lipinski definition) is 4. The maximum atomic E-state index is 10.2. The van der Waals surface area contributed by atoms with Gasteiger partial charge in [-0.15, -0.1) is 0 Å². The molecule has 8 nitrogen and oxygen atoms in total. The molecule has 0 radical (unpaired) electrons. The molecule has 0 rings (SSSR count). The summed E-state index contributed by atoms with van der Waals surface area (Å²) in [6, 6.07) is 0. The van der Waals surface area contributed by atoms with E-state index in [2.05, 4.69) is 11.1 Å². The predicted molar refractivity (Wildman–Crippen MR) is 97.9 cm³/mol. The van der Waals surface area contributed by atoms with Gasteiger partial charge >= 0.3 is 77.3 Å². The van der Waals surface area contributed by atoms with Crippen LogP contribution in [0.4, 0.5) is 0 Å². The summed E-state index contributed by atoms with van der Waals surface area (Å²) in [5.41, 5.74) is 0. The van der Waals surface area contributed by atoms with Gasteiger partial charge in [-0.2, -0.15) is 8.42 Å². The van der Waals surface area contributed by atoms with Crippen molar-refractivity contribution < 1.29 is 36.4 Å². The molecule has 0 atom stereocenters. The second-order valence-electron chi connectivity index (χ2n) is 4.94. The summed E-state index contributed by atoms with van der Waals surface area (Å²) in [7, 11) is -8.87. The Morgan fingerprint density at radius 1 is 0.792 bits per heavy atom. The summed E-state index contributed by atoms with van der Waals surface area (Å²) in [5.74, 6) is 0. The Hall–Kier alpha value is 1.98. The summed E-state index contributed by atoms with van der Waals surface area (Å²) in [6.07, 6.45) is 11.9. The molecule has 0 amide bonds. The van der Waals surface area contributed by atoms with E-state index in [9.17, 15) is 8.42 Å². The summed E-state index contributed by atoms with van der Waals surface area (Å²) in [5, 5.41) is 0. The summed E-state index contributed by atoms with van der Waals surface area (Å²) in [6.45, 7) is 2.31. The van der Waals surface area contributed by atoms with E-state index in [1.54, 1.807) is 0 Å². The molecule has 0 fully saturated rings. The molecule has 0 aliphatic carbocycles. The molecular weight excluding hydrogens is 381 g/mol. The van der Waals surface area contributed by atoms with Crippen LogP contribution < -0.4 is 0 Å². The fourth-order valence-electron chi connectivity index (χ4n) is 1.75. The standard InChI is InChI=1S/C12H26O4S.2Na.H3O4P.2H/c1-2-3-4-5-6-7-8-9-10-11-12-16-17(13,14)15;;;1-5(2,3)4;;/h2-12H2,1H3,(H,13,14,15);;;(H3,1,2,3,4);;. The van der Waals surface area contributed by atoms with Gasteiger partial charge < -0.3 is 14.7 Å². The van der Waals surface area contributed by atoms with E-state index in [0.29, 0.717) is 6.42 Å². The molecule has 0 saturated carbocycles. The molecule has 0 unspecified atom stereocenters. The van der Waals surface area contributed by atoms with Crippen molar-refractivity contribution in [3.8, 4) is 0 Å². The van der Waals surface area contributed by atoms with Crippen molar-refractivity contribution in [2.45, 2.75) is 71.1 Å². The fraction of sp³-hybridized carbons (Fsp3) is 1.00. The molecule has 0 heterocycles. The molecule has 0 bridgehead atoms. The van der Waals surface area contributed by atoms with Crippen LogP contribution in [0.5, 0.6) is 0 Å². The van der Waals surface area contributed by atoms with E-state index in [0.717, 1.165) is 12.8 Å². The van der Waals surface area contributed by atoms with Crippen LogP contribution >= 0.6 is 7.82 Å². The van der Waals surface area contributed by atoms with Crippen LogP contribution in [0.1, 0.15) is 71.1 Å².